The lowest BCUT2D eigenvalue weighted by molar-refractivity contribution is 0.0690. The highest BCUT2D eigenvalue weighted by Gasteiger charge is 2.17. The number of benzene rings is 1. The smallest absolute Gasteiger partial charge is 0.356 e. The normalized spacial score (nSPS) is 10.6. The maximum atomic E-state index is 13.4. The number of aromatic carboxylic acids is 1. The van der Waals surface area contributed by atoms with Crippen molar-refractivity contribution in [2.45, 2.75) is 0 Å². The van der Waals surface area contributed by atoms with Crippen molar-refractivity contribution >= 4 is 17.6 Å². The second-order valence-electron chi connectivity index (χ2n) is 4.84. The molecule has 122 valence electrons. The lowest BCUT2D eigenvalue weighted by atomic mass is 10.2. The Morgan fingerprint density at radius 1 is 1.29 bits per heavy atom. The van der Waals surface area contributed by atoms with Crippen LogP contribution in [0.4, 0.5) is 4.39 Å². The number of aromatic nitrogens is 3. The second-order valence-corrected chi connectivity index (χ2v) is 5.25. The summed E-state index contributed by atoms with van der Waals surface area (Å²) in [5.41, 5.74) is 1.32. The van der Waals surface area contributed by atoms with Gasteiger partial charge in [-0.05, 0) is 30.3 Å². The van der Waals surface area contributed by atoms with Crippen LogP contribution in [0.5, 0.6) is 5.75 Å². The summed E-state index contributed by atoms with van der Waals surface area (Å²) < 4.78 is 19.9. The van der Waals surface area contributed by atoms with E-state index in [4.69, 9.17) is 16.3 Å². The number of nitrogens with zero attached hydrogens (tertiary/aromatic N) is 3. The molecule has 8 heteroatoms. The van der Waals surface area contributed by atoms with Crippen LogP contribution in [0.3, 0.4) is 0 Å². The average Bonchev–Trinajstić information content (AvgIpc) is 3.03. The molecule has 2 heterocycles. The third-order valence-electron chi connectivity index (χ3n) is 3.32. The first-order valence-corrected chi connectivity index (χ1v) is 7.15. The van der Waals surface area contributed by atoms with Gasteiger partial charge in [-0.1, -0.05) is 11.6 Å². The number of halogens is 2. The van der Waals surface area contributed by atoms with Gasteiger partial charge >= 0.3 is 5.97 Å². The molecule has 3 rings (SSSR count). The zero-order valence-electron chi connectivity index (χ0n) is 12.4. The van der Waals surface area contributed by atoms with Gasteiger partial charge in [0.15, 0.2) is 5.69 Å². The zero-order valence-corrected chi connectivity index (χ0v) is 13.2. The predicted molar refractivity (Wildman–Crippen MR) is 85.3 cm³/mol. The summed E-state index contributed by atoms with van der Waals surface area (Å²) >= 11 is 5.81. The van der Waals surface area contributed by atoms with Crippen LogP contribution in [0.2, 0.25) is 5.02 Å². The van der Waals surface area contributed by atoms with E-state index in [-0.39, 0.29) is 10.7 Å². The number of hydrogen-bond donors (Lipinski definition) is 1. The molecular formula is C16H11ClFN3O3. The number of hydrogen-bond acceptors (Lipinski definition) is 4. The van der Waals surface area contributed by atoms with Crippen LogP contribution in [0.25, 0.3) is 16.9 Å². The van der Waals surface area contributed by atoms with E-state index < -0.39 is 11.8 Å². The maximum Gasteiger partial charge on any atom is 0.356 e. The summed E-state index contributed by atoms with van der Waals surface area (Å²) in [5, 5.41) is 13.2. The lowest BCUT2D eigenvalue weighted by Crippen LogP contribution is -2.03. The van der Waals surface area contributed by atoms with Crippen molar-refractivity contribution in [1.82, 2.24) is 14.8 Å². The Kier molecular flexibility index (Phi) is 4.18. The highest BCUT2D eigenvalue weighted by molar-refractivity contribution is 6.30. The molecule has 0 bridgehead atoms. The number of pyridine rings is 1. The predicted octanol–water partition coefficient (Wildman–Crippen LogP) is 3.43. The van der Waals surface area contributed by atoms with Crippen molar-refractivity contribution in [3.8, 4) is 22.7 Å². The van der Waals surface area contributed by atoms with Crippen LogP contribution in [-0.4, -0.2) is 33.0 Å². The molecule has 0 atom stereocenters. The van der Waals surface area contributed by atoms with Gasteiger partial charge in [0.2, 0.25) is 0 Å². The molecule has 1 aromatic carbocycles. The molecule has 0 saturated carbocycles. The van der Waals surface area contributed by atoms with Gasteiger partial charge in [0.25, 0.3) is 0 Å². The molecule has 0 aliphatic carbocycles. The third kappa shape index (κ3) is 2.93. The van der Waals surface area contributed by atoms with Gasteiger partial charge in [-0.15, -0.1) is 0 Å². The molecule has 0 saturated heterocycles. The second kappa shape index (κ2) is 6.29. The SMILES string of the molecule is COc1cncc(-c2cc(C(=O)O)nn2-c2ccc(F)c(Cl)c2)c1. The minimum atomic E-state index is -1.18. The van der Waals surface area contributed by atoms with Gasteiger partial charge < -0.3 is 9.84 Å². The molecule has 0 radical (unpaired) electrons. The van der Waals surface area contributed by atoms with Crippen molar-refractivity contribution < 1.29 is 19.0 Å². The molecule has 0 unspecified atom stereocenters. The minimum Gasteiger partial charge on any atom is -0.495 e. The molecule has 0 amide bonds. The van der Waals surface area contributed by atoms with Crippen molar-refractivity contribution in [2.24, 2.45) is 0 Å². The summed E-state index contributed by atoms with van der Waals surface area (Å²) in [6.45, 7) is 0. The lowest BCUT2D eigenvalue weighted by Gasteiger charge is -2.09. The summed E-state index contributed by atoms with van der Waals surface area (Å²) in [5.74, 6) is -1.25. The first-order chi connectivity index (χ1) is 11.5. The number of rotatable bonds is 4. The quantitative estimate of drug-likeness (QED) is 0.782. The Balaban J connectivity index is 2.20. The van der Waals surface area contributed by atoms with Crippen molar-refractivity contribution in [1.29, 1.82) is 0 Å². The number of carbonyl (C=O) groups is 1. The molecular weight excluding hydrogens is 337 g/mol. The van der Waals surface area contributed by atoms with E-state index in [1.807, 2.05) is 0 Å². The Morgan fingerprint density at radius 3 is 2.75 bits per heavy atom. The van der Waals surface area contributed by atoms with Crippen molar-refractivity contribution in [3.63, 3.8) is 0 Å². The molecule has 0 aliphatic heterocycles. The number of ether oxygens (including phenoxy) is 1. The van der Waals surface area contributed by atoms with E-state index in [2.05, 4.69) is 10.1 Å². The molecule has 0 spiro atoms. The fourth-order valence-corrected chi connectivity index (χ4v) is 2.35. The summed E-state index contributed by atoms with van der Waals surface area (Å²) in [4.78, 5) is 15.3. The van der Waals surface area contributed by atoms with E-state index in [9.17, 15) is 14.3 Å². The van der Waals surface area contributed by atoms with Crippen LogP contribution in [0.1, 0.15) is 10.5 Å². The van der Waals surface area contributed by atoms with Gasteiger partial charge in [-0.25, -0.2) is 13.9 Å². The molecule has 1 N–H and O–H groups in total. The van der Waals surface area contributed by atoms with Crippen molar-refractivity contribution in [3.05, 3.63) is 59.3 Å². The number of carboxylic acid groups (broad SMARTS) is 1. The molecule has 0 aliphatic rings. The highest BCUT2D eigenvalue weighted by atomic mass is 35.5. The van der Waals surface area contributed by atoms with Crippen LogP contribution in [0, 0.1) is 5.82 Å². The van der Waals surface area contributed by atoms with Gasteiger partial charge in [0.1, 0.15) is 11.6 Å². The first kappa shape index (κ1) is 15.9. The van der Waals surface area contributed by atoms with Crippen LogP contribution >= 0.6 is 11.6 Å². The van der Waals surface area contributed by atoms with E-state index >= 15 is 0 Å². The van der Waals surface area contributed by atoms with Gasteiger partial charge in [0, 0.05) is 11.8 Å². The van der Waals surface area contributed by atoms with Crippen molar-refractivity contribution in [2.75, 3.05) is 7.11 Å². The Hall–Kier alpha value is -2.93. The number of carboxylic acids is 1. The standard InChI is InChI=1S/C16H11ClFN3O3/c1-24-11-4-9(7-19-8-11)15-6-14(16(22)23)20-21(15)10-2-3-13(18)12(17)5-10/h2-8H,1H3,(H,22,23). The van der Waals surface area contributed by atoms with E-state index in [1.165, 1.54) is 42.3 Å². The third-order valence-corrected chi connectivity index (χ3v) is 3.61. The molecule has 3 aromatic rings. The maximum absolute atomic E-state index is 13.4. The fraction of sp³-hybridized carbons (Fsp3) is 0.0625. The molecule has 2 aromatic heterocycles. The monoisotopic (exact) mass is 347 g/mol. The first-order valence-electron chi connectivity index (χ1n) is 6.78. The van der Waals surface area contributed by atoms with E-state index in [0.29, 0.717) is 22.7 Å². The molecule has 0 fully saturated rings. The van der Waals surface area contributed by atoms with Crippen LogP contribution in [0.15, 0.2) is 42.7 Å². The largest absolute Gasteiger partial charge is 0.495 e. The average molecular weight is 348 g/mol. The van der Waals surface area contributed by atoms with Crippen LogP contribution in [-0.2, 0) is 0 Å². The summed E-state index contributed by atoms with van der Waals surface area (Å²) in [6, 6.07) is 7.10. The van der Waals surface area contributed by atoms with Crippen LogP contribution < -0.4 is 4.74 Å². The van der Waals surface area contributed by atoms with Gasteiger partial charge in [-0.3, -0.25) is 4.98 Å². The summed E-state index contributed by atoms with van der Waals surface area (Å²) in [7, 11) is 1.50. The van der Waals surface area contributed by atoms with Gasteiger partial charge in [-0.2, -0.15) is 5.10 Å². The molecule has 6 nitrogen and oxygen atoms in total. The topological polar surface area (TPSA) is 77.2 Å². The molecule has 24 heavy (non-hydrogen) atoms. The number of methoxy groups -OCH3 is 1. The minimum absolute atomic E-state index is 0.0883. The Labute approximate surface area is 141 Å². The fourth-order valence-electron chi connectivity index (χ4n) is 2.18. The summed E-state index contributed by atoms with van der Waals surface area (Å²) in [6.07, 6.45) is 3.07. The highest BCUT2D eigenvalue weighted by Crippen LogP contribution is 2.28. The van der Waals surface area contributed by atoms with Gasteiger partial charge in [0.05, 0.1) is 29.7 Å². The van der Waals surface area contributed by atoms with E-state index in [0.717, 1.165) is 0 Å². The van der Waals surface area contributed by atoms with E-state index in [1.54, 1.807) is 12.3 Å². The zero-order chi connectivity index (χ0) is 17.3. The Morgan fingerprint density at radius 2 is 2.08 bits per heavy atom. The Bertz CT molecular complexity index is 927.